The lowest BCUT2D eigenvalue weighted by Gasteiger charge is -2.41. The van der Waals surface area contributed by atoms with E-state index in [1.807, 2.05) is 0 Å². The van der Waals surface area contributed by atoms with Gasteiger partial charge in [-0.05, 0) is 79.2 Å². The molecule has 0 bridgehead atoms. The monoisotopic (exact) mass is 326 g/mol. The van der Waals surface area contributed by atoms with E-state index < -0.39 is 0 Å². The summed E-state index contributed by atoms with van der Waals surface area (Å²) in [5.41, 5.74) is 3.08. The number of rotatable bonds is 5. The van der Waals surface area contributed by atoms with Gasteiger partial charge in [-0.15, -0.1) is 0 Å². The summed E-state index contributed by atoms with van der Waals surface area (Å²) in [5.74, 6) is 4.79. The SMILES string of the molecule is CCCC1CCC(C2CCC(c3ccc(CC)cc3)C(C)C2)CC1. The maximum absolute atomic E-state index is 2.52. The molecule has 0 radical (unpaired) electrons. The first kappa shape index (κ1) is 18.0. The molecule has 1 aromatic carbocycles. The van der Waals surface area contributed by atoms with E-state index in [0.717, 1.165) is 36.0 Å². The van der Waals surface area contributed by atoms with Crippen molar-refractivity contribution in [2.45, 2.75) is 90.9 Å². The molecule has 134 valence electrons. The van der Waals surface area contributed by atoms with Gasteiger partial charge >= 0.3 is 0 Å². The molecule has 24 heavy (non-hydrogen) atoms. The van der Waals surface area contributed by atoms with Crippen LogP contribution in [-0.4, -0.2) is 0 Å². The van der Waals surface area contributed by atoms with E-state index in [9.17, 15) is 0 Å². The van der Waals surface area contributed by atoms with Gasteiger partial charge in [0, 0.05) is 0 Å². The molecular formula is C24H38. The summed E-state index contributed by atoms with van der Waals surface area (Å²) in [6.45, 7) is 7.12. The first-order valence-electron chi connectivity index (χ1n) is 10.8. The average Bonchev–Trinajstić information content (AvgIpc) is 2.63. The van der Waals surface area contributed by atoms with Gasteiger partial charge in [-0.2, -0.15) is 0 Å². The van der Waals surface area contributed by atoms with Crippen LogP contribution in [0.2, 0.25) is 0 Å². The van der Waals surface area contributed by atoms with E-state index in [0.29, 0.717) is 0 Å². The molecule has 2 saturated carbocycles. The highest BCUT2D eigenvalue weighted by Gasteiger charge is 2.34. The minimum absolute atomic E-state index is 0.809. The van der Waals surface area contributed by atoms with Crippen molar-refractivity contribution in [3.63, 3.8) is 0 Å². The van der Waals surface area contributed by atoms with Crippen LogP contribution >= 0.6 is 0 Å². The molecule has 3 rings (SSSR count). The maximum Gasteiger partial charge on any atom is -0.0136 e. The topological polar surface area (TPSA) is 0 Å². The lowest BCUT2D eigenvalue weighted by Crippen LogP contribution is -2.29. The summed E-state index contributed by atoms with van der Waals surface area (Å²) >= 11 is 0. The summed E-state index contributed by atoms with van der Waals surface area (Å²) in [4.78, 5) is 0. The van der Waals surface area contributed by atoms with Crippen molar-refractivity contribution in [1.29, 1.82) is 0 Å². The zero-order valence-corrected chi connectivity index (χ0v) is 16.3. The molecule has 0 nitrogen and oxygen atoms in total. The zero-order chi connectivity index (χ0) is 16.9. The highest BCUT2D eigenvalue weighted by molar-refractivity contribution is 5.26. The van der Waals surface area contributed by atoms with Crippen molar-refractivity contribution in [3.05, 3.63) is 35.4 Å². The standard InChI is InChI=1S/C24H38/c1-4-6-20-9-11-21(12-10-20)23-15-16-24(18(3)17-23)22-13-7-19(5-2)8-14-22/h7-8,13-14,18,20-21,23-24H,4-6,9-12,15-17H2,1-3H3. The van der Waals surface area contributed by atoms with Crippen LogP contribution in [0.15, 0.2) is 24.3 Å². The second-order valence-corrected chi connectivity index (χ2v) is 8.82. The van der Waals surface area contributed by atoms with Gasteiger partial charge in [0.25, 0.3) is 0 Å². The lowest BCUT2D eigenvalue weighted by molar-refractivity contribution is 0.130. The summed E-state index contributed by atoms with van der Waals surface area (Å²) in [6.07, 6.45) is 14.5. The van der Waals surface area contributed by atoms with Crippen molar-refractivity contribution < 1.29 is 0 Å². The Morgan fingerprint density at radius 1 is 0.833 bits per heavy atom. The molecular weight excluding hydrogens is 288 g/mol. The molecule has 2 aliphatic carbocycles. The van der Waals surface area contributed by atoms with Crippen LogP contribution in [0.4, 0.5) is 0 Å². The van der Waals surface area contributed by atoms with Crippen LogP contribution < -0.4 is 0 Å². The quantitative estimate of drug-likeness (QED) is 0.529. The largest absolute Gasteiger partial charge is 0.0654 e. The van der Waals surface area contributed by atoms with E-state index in [2.05, 4.69) is 45.0 Å². The van der Waals surface area contributed by atoms with Gasteiger partial charge in [0.05, 0.1) is 0 Å². The normalized spacial score (nSPS) is 34.2. The second-order valence-electron chi connectivity index (χ2n) is 8.82. The minimum Gasteiger partial charge on any atom is -0.0654 e. The Morgan fingerprint density at radius 2 is 1.50 bits per heavy atom. The predicted octanol–water partition coefficient (Wildman–Crippen LogP) is 7.38. The molecule has 2 fully saturated rings. The number of hydrogen-bond acceptors (Lipinski definition) is 0. The van der Waals surface area contributed by atoms with Crippen LogP contribution in [-0.2, 0) is 6.42 Å². The van der Waals surface area contributed by atoms with Crippen molar-refractivity contribution >= 4 is 0 Å². The Labute approximate surface area is 150 Å². The molecule has 0 aliphatic heterocycles. The third kappa shape index (κ3) is 4.24. The summed E-state index contributed by atoms with van der Waals surface area (Å²) < 4.78 is 0. The molecule has 1 aromatic rings. The third-order valence-electron chi connectivity index (χ3n) is 7.28. The fraction of sp³-hybridized carbons (Fsp3) is 0.750. The van der Waals surface area contributed by atoms with Gasteiger partial charge in [0.1, 0.15) is 0 Å². The van der Waals surface area contributed by atoms with Gasteiger partial charge in [-0.25, -0.2) is 0 Å². The molecule has 3 atom stereocenters. The van der Waals surface area contributed by atoms with Gasteiger partial charge < -0.3 is 0 Å². The van der Waals surface area contributed by atoms with Gasteiger partial charge in [0.2, 0.25) is 0 Å². The molecule has 0 spiro atoms. The van der Waals surface area contributed by atoms with Gasteiger partial charge in [-0.1, -0.05) is 70.7 Å². The second kappa shape index (κ2) is 8.54. The van der Waals surface area contributed by atoms with Crippen LogP contribution in [0.3, 0.4) is 0 Å². The number of hydrogen-bond donors (Lipinski definition) is 0. The Kier molecular flexibility index (Phi) is 6.42. The van der Waals surface area contributed by atoms with Gasteiger partial charge in [0.15, 0.2) is 0 Å². The van der Waals surface area contributed by atoms with Crippen LogP contribution in [0.25, 0.3) is 0 Å². The molecule has 0 heteroatoms. The molecule has 0 aromatic heterocycles. The Morgan fingerprint density at radius 3 is 2.08 bits per heavy atom. The fourth-order valence-electron chi connectivity index (χ4n) is 5.72. The summed E-state index contributed by atoms with van der Waals surface area (Å²) in [6, 6.07) is 9.53. The third-order valence-corrected chi connectivity index (χ3v) is 7.28. The van der Waals surface area contributed by atoms with E-state index in [1.165, 1.54) is 63.4 Å². The highest BCUT2D eigenvalue weighted by Crippen LogP contribution is 2.46. The van der Waals surface area contributed by atoms with Gasteiger partial charge in [-0.3, -0.25) is 0 Å². The number of aryl methyl sites for hydroxylation is 1. The fourth-order valence-corrected chi connectivity index (χ4v) is 5.72. The van der Waals surface area contributed by atoms with Crippen molar-refractivity contribution in [3.8, 4) is 0 Å². The first-order valence-corrected chi connectivity index (χ1v) is 10.8. The number of benzene rings is 1. The van der Waals surface area contributed by atoms with Crippen LogP contribution in [0.5, 0.6) is 0 Å². The Bertz CT molecular complexity index is 477. The Hall–Kier alpha value is -0.780. The van der Waals surface area contributed by atoms with E-state index >= 15 is 0 Å². The van der Waals surface area contributed by atoms with Crippen molar-refractivity contribution in [1.82, 2.24) is 0 Å². The Balaban J connectivity index is 1.53. The van der Waals surface area contributed by atoms with Crippen LogP contribution in [0, 0.1) is 23.7 Å². The van der Waals surface area contributed by atoms with E-state index in [1.54, 1.807) is 5.56 Å². The molecule has 0 amide bonds. The molecule has 2 aliphatic rings. The first-order chi connectivity index (χ1) is 11.7. The molecule has 0 saturated heterocycles. The predicted molar refractivity (Wildman–Crippen MR) is 105 cm³/mol. The smallest absolute Gasteiger partial charge is 0.0136 e. The van der Waals surface area contributed by atoms with Crippen LogP contribution in [0.1, 0.15) is 95.6 Å². The van der Waals surface area contributed by atoms with E-state index in [-0.39, 0.29) is 0 Å². The van der Waals surface area contributed by atoms with E-state index in [4.69, 9.17) is 0 Å². The maximum atomic E-state index is 2.52. The summed E-state index contributed by atoms with van der Waals surface area (Å²) in [5, 5.41) is 0. The van der Waals surface area contributed by atoms with Crippen molar-refractivity contribution in [2.75, 3.05) is 0 Å². The minimum atomic E-state index is 0.809. The zero-order valence-electron chi connectivity index (χ0n) is 16.3. The average molecular weight is 327 g/mol. The molecule has 0 heterocycles. The summed E-state index contributed by atoms with van der Waals surface area (Å²) in [7, 11) is 0. The molecule has 0 N–H and O–H groups in total. The highest BCUT2D eigenvalue weighted by atomic mass is 14.4. The lowest BCUT2D eigenvalue weighted by atomic mass is 9.65. The van der Waals surface area contributed by atoms with Crippen molar-refractivity contribution in [2.24, 2.45) is 23.7 Å². The molecule has 3 unspecified atom stereocenters.